The summed E-state index contributed by atoms with van der Waals surface area (Å²) in [5.41, 5.74) is 6.33. The lowest BCUT2D eigenvalue weighted by Crippen LogP contribution is -2.52. The zero-order valence-corrected chi connectivity index (χ0v) is 23.8. The first-order chi connectivity index (χ1) is 20.0. The number of carbonyl (C=O) groups is 1. The number of piperazine rings is 1. The zero-order valence-electron chi connectivity index (χ0n) is 23.8. The summed E-state index contributed by atoms with van der Waals surface area (Å²) in [7, 11) is 0. The van der Waals surface area contributed by atoms with Gasteiger partial charge in [0, 0.05) is 32.7 Å². The van der Waals surface area contributed by atoms with Gasteiger partial charge in [-0.05, 0) is 61.9 Å². The van der Waals surface area contributed by atoms with E-state index in [-0.39, 0.29) is 16.9 Å². The number of carbonyl (C=O) groups excluding carboxylic acids is 1. The number of nitrogens with zero attached hydrogens (tertiary/aromatic N) is 4. The van der Waals surface area contributed by atoms with E-state index in [1.165, 1.54) is 26.9 Å². The van der Waals surface area contributed by atoms with Gasteiger partial charge < -0.3 is 15.1 Å². The van der Waals surface area contributed by atoms with E-state index >= 15 is 0 Å². The van der Waals surface area contributed by atoms with Crippen molar-refractivity contribution in [2.75, 3.05) is 42.9 Å². The number of para-hydroxylation sites is 1. The lowest BCUT2D eigenvalue weighted by Gasteiger charge is -2.38. The fourth-order valence-electron chi connectivity index (χ4n) is 6.11. The van der Waals surface area contributed by atoms with Crippen LogP contribution in [0.15, 0.2) is 89.9 Å². The molecule has 0 spiro atoms. The summed E-state index contributed by atoms with van der Waals surface area (Å²) in [6, 6.07) is 26.2. The van der Waals surface area contributed by atoms with Crippen LogP contribution in [-0.4, -0.2) is 53.3 Å². The van der Waals surface area contributed by atoms with Gasteiger partial charge in [0.2, 0.25) is 5.91 Å². The molecule has 2 heterocycles. The number of anilines is 2. The summed E-state index contributed by atoms with van der Waals surface area (Å²) < 4.78 is 1.45. The summed E-state index contributed by atoms with van der Waals surface area (Å²) in [5, 5.41) is 7.99. The van der Waals surface area contributed by atoms with E-state index in [0.29, 0.717) is 38.4 Å². The van der Waals surface area contributed by atoms with Crippen LogP contribution in [0.25, 0.3) is 5.69 Å². The van der Waals surface area contributed by atoms with Gasteiger partial charge in [-0.2, -0.15) is 9.78 Å². The molecule has 6 rings (SSSR count). The minimum absolute atomic E-state index is 0.174. The molecule has 41 heavy (non-hydrogen) atoms. The molecule has 3 aromatic carbocycles. The Bertz CT molecular complexity index is 1590. The number of amides is 1. The van der Waals surface area contributed by atoms with Crippen LogP contribution in [0.4, 0.5) is 11.4 Å². The van der Waals surface area contributed by atoms with Crippen molar-refractivity contribution in [2.24, 2.45) is 0 Å². The van der Waals surface area contributed by atoms with Crippen LogP contribution in [0, 0.1) is 13.8 Å². The molecule has 7 heteroatoms. The Labute approximate surface area is 241 Å². The molecular formula is C34H37N5O2. The van der Waals surface area contributed by atoms with E-state index < -0.39 is 0 Å². The fraction of sp³-hybridized carbons (Fsp3) is 0.324. The van der Waals surface area contributed by atoms with Crippen molar-refractivity contribution in [3.63, 3.8) is 0 Å². The van der Waals surface area contributed by atoms with Crippen molar-refractivity contribution >= 4 is 17.3 Å². The van der Waals surface area contributed by atoms with Gasteiger partial charge in [0.25, 0.3) is 5.56 Å². The number of hydrogen-bond acceptors (Lipinski definition) is 5. The monoisotopic (exact) mass is 547 g/mol. The number of rotatable bonds is 8. The van der Waals surface area contributed by atoms with Crippen LogP contribution in [-0.2, 0) is 16.6 Å². The molecule has 0 bridgehead atoms. The van der Waals surface area contributed by atoms with E-state index in [9.17, 15) is 9.59 Å². The summed E-state index contributed by atoms with van der Waals surface area (Å²) in [6.45, 7) is 7.38. The second-order valence-electron chi connectivity index (χ2n) is 11.3. The van der Waals surface area contributed by atoms with Crippen molar-refractivity contribution in [3.8, 4) is 5.69 Å². The average Bonchev–Trinajstić information content (AvgIpc) is 3.80. The lowest BCUT2D eigenvalue weighted by molar-refractivity contribution is -0.134. The van der Waals surface area contributed by atoms with Gasteiger partial charge in [0.1, 0.15) is 5.69 Å². The molecule has 2 fully saturated rings. The summed E-state index contributed by atoms with van der Waals surface area (Å²) >= 11 is 0. The topological polar surface area (TPSA) is 70.5 Å². The van der Waals surface area contributed by atoms with E-state index in [2.05, 4.69) is 59.5 Å². The molecule has 1 saturated carbocycles. The molecule has 1 aromatic heterocycles. The maximum atomic E-state index is 13.8. The molecule has 1 amide bonds. The molecular weight excluding hydrogens is 510 g/mol. The van der Waals surface area contributed by atoms with Gasteiger partial charge in [-0.1, -0.05) is 72.3 Å². The van der Waals surface area contributed by atoms with Gasteiger partial charge in [-0.15, -0.1) is 0 Å². The number of hydrogen-bond donors (Lipinski definition) is 1. The highest BCUT2D eigenvalue weighted by Gasteiger charge is 2.53. The van der Waals surface area contributed by atoms with Crippen LogP contribution < -0.4 is 15.8 Å². The third-order valence-corrected chi connectivity index (χ3v) is 8.48. The predicted molar refractivity (Wildman–Crippen MR) is 164 cm³/mol. The molecule has 1 aliphatic carbocycles. The summed E-state index contributed by atoms with van der Waals surface area (Å²) in [5.74, 6) is 0.239. The third-order valence-electron chi connectivity index (χ3n) is 8.48. The van der Waals surface area contributed by atoms with Crippen molar-refractivity contribution in [1.82, 2.24) is 14.7 Å². The summed E-state index contributed by atoms with van der Waals surface area (Å²) in [4.78, 5) is 31.7. The molecule has 0 atom stereocenters. The standard InChI is InChI=1S/C34H37N5O2/c1-25-13-14-29(26(2)23-25)34(16-17-34)33(41)38-21-19-37(20-22-38)30-24-36-39(28-11-7-4-8-12-28)32(40)31(30)35-18-15-27-9-5-3-6-10-27/h3-14,23-24,35H,15-22H2,1-2H3. The molecule has 2 aliphatic rings. The Hall–Kier alpha value is -4.39. The Morgan fingerprint density at radius 2 is 1.59 bits per heavy atom. The van der Waals surface area contributed by atoms with Crippen LogP contribution in [0.3, 0.4) is 0 Å². The Balaban J connectivity index is 1.21. The van der Waals surface area contributed by atoms with Gasteiger partial charge in [-0.25, -0.2) is 0 Å². The maximum Gasteiger partial charge on any atom is 0.296 e. The highest BCUT2D eigenvalue weighted by Crippen LogP contribution is 2.51. The first-order valence-electron chi connectivity index (χ1n) is 14.5. The normalized spacial score (nSPS) is 16.0. The largest absolute Gasteiger partial charge is 0.378 e. The molecule has 4 aromatic rings. The summed E-state index contributed by atoms with van der Waals surface area (Å²) in [6.07, 6.45) is 4.41. The molecule has 0 radical (unpaired) electrons. The first-order valence-corrected chi connectivity index (χ1v) is 14.5. The van der Waals surface area contributed by atoms with Gasteiger partial charge >= 0.3 is 0 Å². The highest BCUT2D eigenvalue weighted by atomic mass is 16.2. The van der Waals surface area contributed by atoms with Gasteiger partial charge in [0.15, 0.2) is 0 Å². The fourth-order valence-corrected chi connectivity index (χ4v) is 6.11. The van der Waals surface area contributed by atoms with E-state index in [0.717, 1.165) is 30.6 Å². The Kier molecular flexibility index (Phi) is 7.35. The van der Waals surface area contributed by atoms with E-state index in [1.807, 2.05) is 53.4 Å². The van der Waals surface area contributed by atoms with Crippen molar-refractivity contribution in [1.29, 1.82) is 0 Å². The number of nitrogens with one attached hydrogen (secondary N) is 1. The molecule has 210 valence electrons. The molecule has 1 aliphatic heterocycles. The second kappa shape index (κ2) is 11.2. The smallest absolute Gasteiger partial charge is 0.296 e. The average molecular weight is 548 g/mol. The quantitative estimate of drug-likeness (QED) is 0.340. The minimum Gasteiger partial charge on any atom is -0.378 e. The lowest BCUT2D eigenvalue weighted by atomic mass is 9.89. The Morgan fingerprint density at radius 3 is 2.24 bits per heavy atom. The number of aryl methyl sites for hydroxylation is 2. The number of benzene rings is 3. The van der Waals surface area contributed by atoms with Crippen LogP contribution in [0.1, 0.15) is 35.1 Å². The molecule has 0 unspecified atom stereocenters. The second-order valence-corrected chi connectivity index (χ2v) is 11.3. The highest BCUT2D eigenvalue weighted by molar-refractivity contribution is 5.92. The first kappa shape index (κ1) is 26.8. The van der Waals surface area contributed by atoms with Crippen LogP contribution in [0.5, 0.6) is 0 Å². The molecule has 7 nitrogen and oxygen atoms in total. The van der Waals surface area contributed by atoms with Crippen molar-refractivity contribution in [3.05, 3.63) is 118 Å². The number of aromatic nitrogens is 2. The third kappa shape index (κ3) is 5.36. The van der Waals surface area contributed by atoms with Crippen molar-refractivity contribution < 1.29 is 4.79 Å². The maximum absolute atomic E-state index is 13.8. The SMILES string of the molecule is Cc1ccc(C2(C(=O)N3CCN(c4cnn(-c5ccccc5)c(=O)c4NCCc4ccccc4)CC3)CC2)c(C)c1. The van der Waals surface area contributed by atoms with Gasteiger partial charge in [-0.3, -0.25) is 9.59 Å². The zero-order chi connectivity index (χ0) is 28.4. The van der Waals surface area contributed by atoms with E-state index in [1.54, 1.807) is 6.20 Å². The van der Waals surface area contributed by atoms with Crippen LogP contribution in [0.2, 0.25) is 0 Å². The predicted octanol–water partition coefficient (Wildman–Crippen LogP) is 4.88. The Morgan fingerprint density at radius 1 is 0.902 bits per heavy atom. The van der Waals surface area contributed by atoms with E-state index in [4.69, 9.17) is 0 Å². The van der Waals surface area contributed by atoms with Crippen LogP contribution >= 0.6 is 0 Å². The van der Waals surface area contributed by atoms with Crippen molar-refractivity contribution in [2.45, 2.75) is 38.5 Å². The molecule has 1 N–H and O–H groups in total. The minimum atomic E-state index is -0.373. The molecule has 1 saturated heterocycles. The van der Waals surface area contributed by atoms with Gasteiger partial charge in [0.05, 0.1) is 23.0 Å².